The zero-order valence-corrected chi connectivity index (χ0v) is 30.8. The maximum absolute atomic E-state index is 14.0. The number of alkyl carbamates (subject to hydrolysis) is 1. The molecule has 2 aromatic carbocycles. The molecule has 50 heavy (non-hydrogen) atoms. The Bertz CT molecular complexity index is 1440. The molecule has 1 unspecified atom stereocenters. The number of ketones is 1. The predicted molar refractivity (Wildman–Crippen MR) is 192 cm³/mol. The van der Waals surface area contributed by atoms with Gasteiger partial charge in [-0.05, 0) is 76.3 Å². The number of ether oxygens (including phenoxy) is 2. The lowest BCUT2D eigenvalue weighted by atomic mass is 9.93. The number of hydrogen-bond acceptors (Lipinski definition) is 7. The van der Waals surface area contributed by atoms with Crippen LogP contribution in [0.1, 0.15) is 85.8 Å². The number of epoxide rings is 1. The Kier molecular flexibility index (Phi) is 14.6. The summed E-state index contributed by atoms with van der Waals surface area (Å²) in [5, 5.41) is 11.3. The second-order valence-electron chi connectivity index (χ2n) is 15.2. The summed E-state index contributed by atoms with van der Waals surface area (Å²) in [6.45, 7) is 15.0. The van der Waals surface area contributed by atoms with E-state index in [0.717, 1.165) is 11.1 Å². The SMILES string of the molecule is CC(C)CC(NC(=O)[C@H](CCc1ccccc1)NC(=O)OC(C)(C)C)C(=O)N[C@@H](Cc1ccccc1)C(=O)N[C@@H](CC(C)C)C(=O)[C@@]1(C)CO1. The van der Waals surface area contributed by atoms with Crippen molar-refractivity contribution >= 4 is 29.6 Å². The second-order valence-corrected chi connectivity index (χ2v) is 15.2. The molecule has 4 N–H and O–H groups in total. The molecule has 1 saturated heterocycles. The van der Waals surface area contributed by atoms with E-state index >= 15 is 0 Å². The van der Waals surface area contributed by atoms with Gasteiger partial charge in [0.25, 0.3) is 0 Å². The topological polar surface area (TPSA) is 155 Å². The highest BCUT2D eigenvalue weighted by Gasteiger charge is 2.50. The fourth-order valence-corrected chi connectivity index (χ4v) is 5.58. The van der Waals surface area contributed by atoms with Crippen LogP contribution in [0.5, 0.6) is 0 Å². The van der Waals surface area contributed by atoms with Crippen LogP contribution in [0.4, 0.5) is 4.79 Å². The Morgan fingerprint density at radius 2 is 1.16 bits per heavy atom. The number of benzene rings is 2. The molecule has 274 valence electrons. The monoisotopic (exact) mass is 692 g/mol. The van der Waals surface area contributed by atoms with Crippen molar-refractivity contribution < 1.29 is 33.4 Å². The molecular formula is C39H56N4O7. The van der Waals surface area contributed by atoms with Crippen LogP contribution < -0.4 is 21.3 Å². The van der Waals surface area contributed by atoms with Crippen LogP contribution in [0.3, 0.4) is 0 Å². The summed E-state index contributed by atoms with van der Waals surface area (Å²) in [6.07, 6.45) is 0.867. The van der Waals surface area contributed by atoms with E-state index in [1.54, 1.807) is 27.7 Å². The Labute approximate surface area is 297 Å². The molecule has 0 saturated carbocycles. The lowest BCUT2D eigenvalue weighted by Gasteiger charge is -2.28. The first-order chi connectivity index (χ1) is 23.5. The van der Waals surface area contributed by atoms with Gasteiger partial charge in [0.05, 0.1) is 12.6 Å². The van der Waals surface area contributed by atoms with Crippen LogP contribution in [0.15, 0.2) is 60.7 Å². The largest absolute Gasteiger partial charge is 0.444 e. The Balaban J connectivity index is 1.83. The zero-order valence-electron chi connectivity index (χ0n) is 30.8. The third kappa shape index (κ3) is 13.6. The smallest absolute Gasteiger partial charge is 0.408 e. The molecule has 1 aliphatic rings. The molecule has 0 radical (unpaired) electrons. The summed E-state index contributed by atoms with van der Waals surface area (Å²) in [5.74, 6) is -1.69. The second kappa shape index (κ2) is 18.1. The van der Waals surface area contributed by atoms with Gasteiger partial charge in [0.2, 0.25) is 17.7 Å². The average molecular weight is 693 g/mol. The number of nitrogens with one attached hydrogen (secondary N) is 4. The molecular weight excluding hydrogens is 636 g/mol. The Hall–Kier alpha value is -4.25. The van der Waals surface area contributed by atoms with E-state index in [1.807, 2.05) is 88.4 Å². The van der Waals surface area contributed by atoms with Gasteiger partial charge in [-0.15, -0.1) is 0 Å². The highest BCUT2D eigenvalue weighted by Crippen LogP contribution is 2.29. The fourth-order valence-electron chi connectivity index (χ4n) is 5.58. The standard InChI is InChI=1S/C39H56N4O7/c1-25(2)21-30(33(44)39(8)24-49-39)40-36(47)32(23-28-17-13-10-14-18-28)42-35(46)31(22-26(3)4)41-34(45)29(43-37(48)50-38(5,6)7)20-19-27-15-11-9-12-16-27/h9-18,25-26,29-32H,19-24H2,1-8H3,(H,40,47)(H,41,45)(H,42,46)(H,43,48)/t29-,30-,31?,32-,39+/m0/s1. The Morgan fingerprint density at radius 1 is 0.700 bits per heavy atom. The van der Waals surface area contributed by atoms with Gasteiger partial charge in [0.1, 0.15) is 29.3 Å². The maximum atomic E-state index is 14.0. The first-order valence-electron chi connectivity index (χ1n) is 17.6. The van der Waals surface area contributed by atoms with Crippen LogP contribution in [-0.2, 0) is 41.5 Å². The van der Waals surface area contributed by atoms with Crippen molar-refractivity contribution in [3.05, 3.63) is 71.8 Å². The first kappa shape index (κ1) is 40.2. The normalized spacial score (nSPS) is 18.0. The van der Waals surface area contributed by atoms with E-state index in [1.165, 1.54) is 0 Å². The van der Waals surface area contributed by atoms with Gasteiger partial charge < -0.3 is 30.7 Å². The van der Waals surface area contributed by atoms with E-state index in [-0.39, 0.29) is 36.9 Å². The number of hydrogen-bond donors (Lipinski definition) is 4. The predicted octanol–water partition coefficient (Wildman–Crippen LogP) is 4.66. The fraction of sp³-hybridized carbons (Fsp3) is 0.564. The molecule has 3 rings (SSSR count). The number of carbonyl (C=O) groups is 5. The summed E-state index contributed by atoms with van der Waals surface area (Å²) in [6, 6.07) is 15.0. The molecule has 2 aromatic rings. The molecule has 11 heteroatoms. The van der Waals surface area contributed by atoms with Crippen LogP contribution in [-0.4, -0.2) is 71.6 Å². The molecule has 5 atom stereocenters. The number of amides is 4. The molecule has 0 aromatic heterocycles. The number of rotatable bonds is 18. The highest BCUT2D eigenvalue weighted by molar-refractivity contribution is 5.98. The van der Waals surface area contributed by atoms with E-state index in [9.17, 15) is 24.0 Å². The number of aryl methyl sites for hydroxylation is 1. The number of Topliss-reactive ketones (excluding diaryl/α,β-unsaturated/α-hetero) is 1. The van der Waals surface area contributed by atoms with Crippen LogP contribution in [0.2, 0.25) is 0 Å². The van der Waals surface area contributed by atoms with Crippen LogP contribution >= 0.6 is 0 Å². The van der Waals surface area contributed by atoms with Gasteiger partial charge in [0.15, 0.2) is 5.78 Å². The summed E-state index contributed by atoms with van der Waals surface area (Å²) < 4.78 is 10.8. The first-order valence-corrected chi connectivity index (χ1v) is 17.6. The van der Waals surface area contributed by atoms with Gasteiger partial charge in [-0.25, -0.2) is 4.79 Å². The van der Waals surface area contributed by atoms with Crippen molar-refractivity contribution in [1.82, 2.24) is 21.3 Å². The van der Waals surface area contributed by atoms with E-state index < -0.39 is 59.2 Å². The molecule has 1 aliphatic heterocycles. The quantitative estimate of drug-likeness (QED) is 0.166. The van der Waals surface area contributed by atoms with Crippen molar-refractivity contribution in [1.29, 1.82) is 0 Å². The minimum Gasteiger partial charge on any atom is -0.444 e. The highest BCUT2D eigenvalue weighted by atomic mass is 16.6. The van der Waals surface area contributed by atoms with Gasteiger partial charge in [-0.2, -0.15) is 0 Å². The lowest BCUT2D eigenvalue weighted by Crippen LogP contribution is -2.59. The number of carbonyl (C=O) groups excluding carboxylic acids is 5. The minimum absolute atomic E-state index is 0.00126. The minimum atomic E-state index is -1.04. The van der Waals surface area contributed by atoms with Crippen molar-refractivity contribution in [3.63, 3.8) is 0 Å². The van der Waals surface area contributed by atoms with Crippen molar-refractivity contribution in [2.75, 3.05) is 6.61 Å². The molecule has 1 fully saturated rings. The van der Waals surface area contributed by atoms with Crippen molar-refractivity contribution in [3.8, 4) is 0 Å². The third-order valence-electron chi connectivity index (χ3n) is 8.27. The van der Waals surface area contributed by atoms with Gasteiger partial charge in [-0.1, -0.05) is 88.4 Å². The van der Waals surface area contributed by atoms with Gasteiger partial charge in [-0.3, -0.25) is 19.2 Å². The zero-order chi connectivity index (χ0) is 37.1. The van der Waals surface area contributed by atoms with Crippen LogP contribution in [0, 0.1) is 11.8 Å². The average Bonchev–Trinajstić information content (AvgIpc) is 3.79. The van der Waals surface area contributed by atoms with E-state index in [0.29, 0.717) is 19.4 Å². The Morgan fingerprint density at radius 3 is 1.68 bits per heavy atom. The molecule has 4 amide bonds. The van der Waals surface area contributed by atoms with Gasteiger partial charge in [0, 0.05) is 6.42 Å². The lowest BCUT2D eigenvalue weighted by molar-refractivity contribution is -0.134. The van der Waals surface area contributed by atoms with Gasteiger partial charge >= 0.3 is 6.09 Å². The van der Waals surface area contributed by atoms with E-state index in [2.05, 4.69) is 21.3 Å². The molecule has 0 aliphatic carbocycles. The molecule has 1 heterocycles. The summed E-state index contributed by atoms with van der Waals surface area (Å²) in [4.78, 5) is 67.8. The van der Waals surface area contributed by atoms with Crippen molar-refractivity contribution in [2.24, 2.45) is 11.8 Å². The summed E-state index contributed by atoms with van der Waals surface area (Å²) in [5.41, 5.74) is 0.0894. The molecule has 11 nitrogen and oxygen atoms in total. The van der Waals surface area contributed by atoms with Crippen molar-refractivity contribution in [2.45, 2.75) is 123 Å². The molecule has 0 spiro atoms. The third-order valence-corrected chi connectivity index (χ3v) is 8.27. The summed E-state index contributed by atoms with van der Waals surface area (Å²) >= 11 is 0. The molecule has 0 bridgehead atoms. The van der Waals surface area contributed by atoms with E-state index in [4.69, 9.17) is 9.47 Å². The summed E-state index contributed by atoms with van der Waals surface area (Å²) in [7, 11) is 0. The van der Waals surface area contributed by atoms with Crippen LogP contribution in [0.25, 0.3) is 0 Å². The maximum Gasteiger partial charge on any atom is 0.408 e.